The summed E-state index contributed by atoms with van der Waals surface area (Å²) in [5.41, 5.74) is 0.0904. The molecule has 16 heteroatoms. The van der Waals surface area contributed by atoms with E-state index in [-0.39, 0.29) is 32.1 Å². The van der Waals surface area contributed by atoms with E-state index in [1.807, 2.05) is 0 Å². The maximum Gasteiger partial charge on any atom is 0.387 e. The van der Waals surface area contributed by atoms with Crippen LogP contribution in [-0.2, 0) is 10.0 Å². The van der Waals surface area contributed by atoms with Gasteiger partial charge in [0.15, 0.2) is 0 Å². The number of fused-ring (bicyclic) bond motifs is 1. The quantitative estimate of drug-likeness (QED) is 0.349. The van der Waals surface area contributed by atoms with Gasteiger partial charge >= 0.3 is 6.61 Å². The zero-order valence-electron chi connectivity index (χ0n) is 17.7. The molecule has 0 fully saturated rings. The highest BCUT2D eigenvalue weighted by molar-refractivity contribution is 7.93. The van der Waals surface area contributed by atoms with Crippen LogP contribution >= 0.6 is 11.6 Å². The normalized spacial score (nSPS) is 11.6. The van der Waals surface area contributed by atoms with E-state index in [1.54, 1.807) is 0 Å². The van der Waals surface area contributed by atoms with Crippen LogP contribution in [0.15, 0.2) is 35.6 Å². The number of anilines is 1. The number of methoxy groups -OCH3 is 2. The zero-order valence-corrected chi connectivity index (χ0v) is 19.3. The number of halogens is 4. The molecule has 2 N–H and O–H groups in total. The molecule has 3 heterocycles. The molecule has 0 atom stereocenters. The molecule has 3 aromatic heterocycles. The van der Waals surface area contributed by atoms with Gasteiger partial charge in [-0.3, -0.25) is 0 Å². The molecule has 0 saturated carbocycles. The molecule has 11 nitrogen and oxygen atoms in total. The number of hydrogen-bond acceptors (Lipinski definition) is 9. The third kappa shape index (κ3) is 4.59. The number of rotatable bonds is 8. The summed E-state index contributed by atoms with van der Waals surface area (Å²) in [6, 6.07) is 2.78. The van der Waals surface area contributed by atoms with E-state index < -0.39 is 46.0 Å². The van der Waals surface area contributed by atoms with Gasteiger partial charge in [-0.1, -0.05) is 11.6 Å². The van der Waals surface area contributed by atoms with Crippen molar-refractivity contribution in [3.8, 4) is 28.8 Å². The molecular weight excluding hydrogens is 517 g/mol. The monoisotopic (exact) mass is 530 g/mol. The minimum absolute atomic E-state index is 0.100. The molecule has 35 heavy (non-hydrogen) atoms. The molecule has 0 aliphatic rings. The number of aromatic nitrogens is 5. The van der Waals surface area contributed by atoms with Crippen LogP contribution in [0.2, 0.25) is 5.02 Å². The van der Waals surface area contributed by atoms with Crippen LogP contribution in [0.3, 0.4) is 0 Å². The largest absolute Gasteiger partial charge is 0.478 e. The lowest BCUT2D eigenvalue weighted by Gasteiger charge is -2.14. The summed E-state index contributed by atoms with van der Waals surface area (Å²) in [6.07, 6.45) is 3.56. The smallest absolute Gasteiger partial charge is 0.387 e. The van der Waals surface area contributed by atoms with E-state index in [0.29, 0.717) is 0 Å². The van der Waals surface area contributed by atoms with E-state index in [9.17, 15) is 21.6 Å². The summed E-state index contributed by atoms with van der Waals surface area (Å²) < 4.78 is 82.3. The number of ether oxygens (including phenoxy) is 3. The van der Waals surface area contributed by atoms with E-state index in [2.05, 4.69) is 34.4 Å². The highest BCUT2D eigenvalue weighted by Gasteiger charge is 2.27. The Morgan fingerprint density at radius 3 is 2.34 bits per heavy atom. The van der Waals surface area contributed by atoms with Gasteiger partial charge in [-0.2, -0.15) is 23.1 Å². The lowest BCUT2D eigenvalue weighted by Crippen LogP contribution is -2.16. The Bertz CT molecular complexity index is 1490. The van der Waals surface area contributed by atoms with Gasteiger partial charge < -0.3 is 19.2 Å². The van der Waals surface area contributed by atoms with Gasteiger partial charge in [-0.25, -0.2) is 23.1 Å². The van der Waals surface area contributed by atoms with Crippen molar-refractivity contribution in [1.82, 2.24) is 24.9 Å². The molecular formula is C19H14ClF3N6O5S. The molecule has 184 valence electrons. The van der Waals surface area contributed by atoms with Crippen molar-refractivity contribution in [1.29, 1.82) is 0 Å². The first kappa shape index (κ1) is 24.3. The molecule has 0 saturated heterocycles. The molecule has 0 spiro atoms. The summed E-state index contributed by atoms with van der Waals surface area (Å²) in [5, 5.41) is 0.238. The van der Waals surface area contributed by atoms with Crippen molar-refractivity contribution in [2.24, 2.45) is 0 Å². The molecule has 4 aromatic rings. The van der Waals surface area contributed by atoms with Gasteiger partial charge in [0.25, 0.3) is 21.8 Å². The minimum Gasteiger partial charge on any atom is -0.478 e. The molecule has 0 amide bonds. The maximum atomic E-state index is 14.3. The van der Waals surface area contributed by atoms with Crippen molar-refractivity contribution in [3.63, 3.8) is 0 Å². The van der Waals surface area contributed by atoms with Gasteiger partial charge in [0.05, 0.1) is 24.8 Å². The maximum absolute atomic E-state index is 14.3. The second-order valence-electron chi connectivity index (χ2n) is 6.57. The lowest BCUT2D eigenvalue weighted by atomic mass is 10.1. The fourth-order valence-electron chi connectivity index (χ4n) is 3.19. The Balaban J connectivity index is 1.79. The standard InChI is InChI=1S/C19H14ClF3N6O5S/c1-32-16-14(34-18(22)23)17(33-2)28-19(27-16)29-35(30,31)10-7-26-12-8(10)3-4-9(20)11(12)13-15(21)25-6-5-24-13/h3-7,18,26H,1-2H3,(H,27,28,29). The van der Waals surface area contributed by atoms with E-state index in [1.165, 1.54) is 18.3 Å². The Morgan fingerprint density at radius 1 is 1.09 bits per heavy atom. The van der Waals surface area contributed by atoms with E-state index >= 15 is 0 Å². The minimum atomic E-state index is -4.38. The van der Waals surface area contributed by atoms with Gasteiger partial charge in [0.2, 0.25) is 17.6 Å². The number of nitrogens with one attached hydrogen (secondary N) is 2. The van der Waals surface area contributed by atoms with Crippen LogP contribution < -0.4 is 18.9 Å². The predicted octanol–water partition coefficient (Wildman–Crippen LogP) is 3.63. The number of nitrogens with zero attached hydrogens (tertiary/aromatic N) is 4. The Hall–Kier alpha value is -3.85. The first-order valence-electron chi connectivity index (χ1n) is 9.40. The lowest BCUT2D eigenvalue weighted by molar-refractivity contribution is -0.0533. The summed E-state index contributed by atoms with van der Waals surface area (Å²) in [5.74, 6) is -3.08. The predicted molar refractivity (Wildman–Crippen MR) is 117 cm³/mol. The van der Waals surface area contributed by atoms with Crippen molar-refractivity contribution in [3.05, 3.63) is 41.7 Å². The molecule has 0 aliphatic carbocycles. The third-order valence-corrected chi connectivity index (χ3v) is 6.25. The van der Waals surface area contributed by atoms with Crippen LogP contribution in [0.1, 0.15) is 0 Å². The van der Waals surface area contributed by atoms with Crippen molar-refractivity contribution in [2.75, 3.05) is 18.9 Å². The second kappa shape index (κ2) is 9.42. The number of hydrogen-bond donors (Lipinski definition) is 2. The molecule has 4 rings (SSSR count). The highest BCUT2D eigenvalue weighted by Crippen LogP contribution is 2.39. The van der Waals surface area contributed by atoms with Gasteiger partial charge in [0, 0.05) is 29.5 Å². The van der Waals surface area contributed by atoms with Crippen molar-refractivity contribution >= 4 is 38.5 Å². The number of sulfonamides is 1. The van der Waals surface area contributed by atoms with Crippen LogP contribution in [-0.4, -0.2) is 54.2 Å². The second-order valence-corrected chi connectivity index (χ2v) is 8.63. The average molecular weight is 531 g/mol. The van der Waals surface area contributed by atoms with Crippen LogP contribution in [0, 0.1) is 5.95 Å². The number of benzene rings is 1. The summed E-state index contributed by atoms with van der Waals surface area (Å²) in [6.45, 7) is -3.24. The third-order valence-electron chi connectivity index (χ3n) is 4.57. The molecule has 1 aromatic carbocycles. The Morgan fingerprint density at radius 2 is 1.74 bits per heavy atom. The molecule has 0 radical (unpaired) electrons. The van der Waals surface area contributed by atoms with Crippen molar-refractivity contribution < 1.29 is 35.8 Å². The van der Waals surface area contributed by atoms with Gasteiger partial charge in [0.1, 0.15) is 10.6 Å². The first-order valence-corrected chi connectivity index (χ1v) is 11.3. The van der Waals surface area contributed by atoms with Gasteiger partial charge in [-0.05, 0) is 12.1 Å². The van der Waals surface area contributed by atoms with Crippen LogP contribution in [0.5, 0.6) is 17.5 Å². The average Bonchev–Trinajstić information content (AvgIpc) is 3.25. The van der Waals surface area contributed by atoms with Crippen LogP contribution in [0.25, 0.3) is 22.2 Å². The summed E-state index contributed by atoms with van der Waals surface area (Å²) >= 11 is 6.25. The topological polar surface area (TPSA) is 141 Å². The number of H-pyrrole nitrogens is 1. The first-order chi connectivity index (χ1) is 16.7. The Kier molecular flexibility index (Phi) is 6.53. The van der Waals surface area contributed by atoms with Crippen molar-refractivity contribution in [2.45, 2.75) is 11.5 Å². The number of alkyl halides is 2. The number of aromatic amines is 1. The van der Waals surface area contributed by atoms with E-state index in [0.717, 1.165) is 26.6 Å². The fraction of sp³-hybridized carbons (Fsp3) is 0.158. The molecule has 0 bridgehead atoms. The molecule has 0 aliphatic heterocycles. The molecule has 0 unspecified atom stereocenters. The summed E-state index contributed by atoms with van der Waals surface area (Å²) in [7, 11) is -2.17. The van der Waals surface area contributed by atoms with E-state index in [4.69, 9.17) is 21.1 Å². The fourth-order valence-corrected chi connectivity index (χ4v) is 4.55. The van der Waals surface area contributed by atoms with Crippen LogP contribution in [0.4, 0.5) is 19.1 Å². The van der Waals surface area contributed by atoms with Gasteiger partial charge in [-0.15, -0.1) is 0 Å². The Labute approximate surface area is 200 Å². The highest BCUT2D eigenvalue weighted by atomic mass is 35.5. The zero-order chi connectivity index (χ0) is 25.3. The SMILES string of the molecule is COc1nc(NS(=O)(=O)c2c[nH]c3c(-c4nccnc4F)c(Cl)ccc23)nc(OC)c1OC(F)F. The summed E-state index contributed by atoms with van der Waals surface area (Å²) in [4.78, 5) is 17.5.